The molecule has 2 unspecified atom stereocenters. The highest BCUT2D eigenvalue weighted by atomic mass is 35.5. The first-order valence-electron chi connectivity index (χ1n) is 14.9. The molecule has 2 atom stereocenters. The van der Waals surface area contributed by atoms with Gasteiger partial charge in [-0.1, -0.05) is 35.9 Å². The number of rotatable bonds is 8. The maximum absolute atomic E-state index is 11.3. The zero-order chi connectivity index (χ0) is 28.1. The first-order valence-corrected chi connectivity index (χ1v) is 15.3. The summed E-state index contributed by atoms with van der Waals surface area (Å²) in [6.07, 6.45) is 10.9. The van der Waals surface area contributed by atoms with Gasteiger partial charge in [-0.25, -0.2) is 0 Å². The molecule has 2 fully saturated rings. The second kappa shape index (κ2) is 13.1. The lowest BCUT2D eigenvalue weighted by molar-refractivity contribution is -0.0254. The number of hydrogen-bond acceptors (Lipinski definition) is 7. The molecule has 6 rings (SSSR count). The van der Waals surface area contributed by atoms with Gasteiger partial charge in [0.2, 0.25) is 0 Å². The van der Waals surface area contributed by atoms with Crippen molar-refractivity contribution in [3.05, 3.63) is 76.8 Å². The zero-order valence-electron chi connectivity index (χ0n) is 23.6. The molecule has 8 heteroatoms. The van der Waals surface area contributed by atoms with Crippen LogP contribution >= 0.6 is 11.6 Å². The highest BCUT2D eigenvalue weighted by Crippen LogP contribution is 2.41. The fourth-order valence-corrected chi connectivity index (χ4v) is 6.40. The lowest BCUT2D eigenvalue weighted by Gasteiger charge is -2.38. The van der Waals surface area contributed by atoms with Gasteiger partial charge in [0, 0.05) is 62.0 Å². The van der Waals surface area contributed by atoms with Crippen LogP contribution < -0.4 is 9.47 Å². The number of aliphatic hydroxyl groups is 1. The van der Waals surface area contributed by atoms with Crippen LogP contribution in [0.25, 0.3) is 5.57 Å². The number of benzene rings is 2. The number of ether oxygens (including phenoxy) is 3. The smallest absolute Gasteiger partial charge is 0.127 e. The SMILES string of the molecule is OC1(c2ccc(Cl)cc2)CCN(CCC=C2c3cc(OCCN4CCOCC4)ccc3OCC3N=CC=CC23)CC1. The van der Waals surface area contributed by atoms with Crippen LogP contribution in [-0.4, -0.2) is 92.9 Å². The third-order valence-electron chi connectivity index (χ3n) is 8.78. The number of allylic oxidation sites excluding steroid dienone is 1. The summed E-state index contributed by atoms with van der Waals surface area (Å²) < 4.78 is 17.9. The van der Waals surface area contributed by atoms with E-state index in [1.807, 2.05) is 48.7 Å². The van der Waals surface area contributed by atoms with E-state index in [0.29, 0.717) is 18.2 Å². The standard InChI is InChI=1S/C33H40ClN3O4/c34-26-7-5-25(6-8-26)33(38)11-15-36(16-12-33)14-2-4-28-29-3-1-13-35-31(29)24-41-32-10-9-27(23-30(28)32)40-22-19-37-17-20-39-21-18-37/h1,3-10,13,23,29,31,38H,2,11-12,14-22,24H2. The van der Waals surface area contributed by atoms with Crippen LogP contribution in [0.4, 0.5) is 0 Å². The third kappa shape index (κ3) is 6.87. The summed E-state index contributed by atoms with van der Waals surface area (Å²) in [6.45, 7) is 8.27. The lowest BCUT2D eigenvalue weighted by atomic mass is 9.84. The van der Waals surface area contributed by atoms with E-state index in [-0.39, 0.29) is 12.0 Å². The molecule has 0 spiro atoms. The van der Waals surface area contributed by atoms with Crippen molar-refractivity contribution in [2.75, 3.05) is 65.7 Å². The fraction of sp³-hybridized carbons (Fsp3) is 0.485. The summed E-state index contributed by atoms with van der Waals surface area (Å²) in [5, 5.41) is 12.0. The van der Waals surface area contributed by atoms with Crippen LogP contribution in [-0.2, 0) is 10.3 Å². The highest BCUT2D eigenvalue weighted by Gasteiger charge is 2.34. The van der Waals surface area contributed by atoms with Crippen LogP contribution in [0.2, 0.25) is 5.02 Å². The Morgan fingerprint density at radius 2 is 1.80 bits per heavy atom. The highest BCUT2D eigenvalue weighted by molar-refractivity contribution is 6.30. The molecule has 218 valence electrons. The van der Waals surface area contributed by atoms with Gasteiger partial charge >= 0.3 is 0 Å². The van der Waals surface area contributed by atoms with Crippen LogP contribution in [0.5, 0.6) is 11.5 Å². The number of likely N-dealkylation sites (tertiary alicyclic amines) is 1. The summed E-state index contributed by atoms with van der Waals surface area (Å²) in [7, 11) is 0. The number of aliphatic imine (C=N–C) groups is 1. The normalized spacial score (nSPS) is 25.3. The molecule has 0 aromatic heterocycles. The van der Waals surface area contributed by atoms with Crippen LogP contribution in [0, 0.1) is 5.92 Å². The number of hydrogen-bond donors (Lipinski definition) is 1. The Bertz CT molecular complexity index is 1260. The zero-order valence-corrected chi connectivity index (χ0v) is 24.3. The predicted molar refractivity (Wildman–Crippen MR) is 163 cm³/mol. The Morgan fingerprint density at radius 1 is 1.02 bits per heavy atom. The van der Waals surface area contributed by atoms with Gasteiger partial charge in [0.05, 0.1) is 24.9 Å². The lowest BCUT2D eigenvalue weighted by Crippen LogP contribution is -2.42. The minimum atomic E-state index is -0.784. The van der Waals surface area contributed by atoms with Gasteiger partial charge in [0.1, 0.15) is 24.7 Å². The minimum absolute atomic E-state index is 0.0636. The van der Waals surface area contributed by atoms with Crippen molar-refractivity contribution in [3.63, 3.8) is 0 Å². The Morgan fingerprint density at radius 3 is 2.61 bits per heavy atom. The molecule has 7 nitrogen and oxygen atoms in total. The first-order chi connectivity index (χ1) is 20.1. The second-order valence-electron chi connectivity index (χ2n) is 11.4. The maximum atomic E-state index is 11.3. The second-order valence-corrected chi connectivity index (χ2v) is 11.8. The van der Waals surface area contributed by atoms with Crippen LogP contribution in [0.3, 0.4) is 0 Å². The molecule has 0 radical (unpaired) electrons. The monoisotopic (exact) mass is 577 g/mol. The molecule has 2 saturated heterocycles. The van der Waals surface area contributed by atoms with Crippen molar-refractivity contribution >= 4 is 23.4 Å². The van der Waals surface area contributed by atoms with Gasteiger partial charge in [-0.2, -0.15) is 0 Å². The average Bonchev–Trinajstić information content (AvgIpc) is 3.16. The Labute approximate surface area is 248 Å². The number of fused-ring (bicyclic) bond motifs is 2. The number of piperidine rings is 1. The van der Waals surface area contributed by atoms with Crippen molar-refractivity contribution in [1.29, 1.82) is 0 Å². The summed E-state index contributed by atoms with van der Waals surface area (Å²) >= 11 is 6.06. The van der Waals surface area contributed by atoms with E-state index in [9.17, 15) is 5.11 Å². The molecule has 2 aromatic carbocycles. The quantitative estimate of drug-likeness (QED) is 0.485. The Hall–Kier alpha value is -2.68. The Balaban J connectivity index is 1.12. The molecule has 4 aliphatic heterocycles. The van der Waals surface area contributed by atoms with Crippen molar-refractivity contribution in [1.82, 2.24) is 9.80 Å². The van der Waals surface area contributed by atoms with E-state index >= 15 is 0 Å². The molecule has 0 saturated carbocycles. The van der Waals surface area contributed by atoms with E-state index in [2.05, 4.69) is 28.0 Å². The Kier molecular flexibility index (Phi) is 9.08. The molecule has 1 N–H and O–H groups in total. The number of dihydropyridines is 1. The summed E-state index contributed by atoms with van der Waals surface area (Å²) in [4.78, 5) is 9.58. The van der Waals surface area contributed by atoms with Gasteiger partial charge in [-0.05, 0) is 66.8 Å². The fourth-order valence-electron chi connectivity index (χ4n) is 6.27. The summed E-state index contributed by atoms with van der Waals surface area (Å²) in [5.74, 6) is 1.92. The van der Waals surface area contributed by atoms with Crippen molar-refractivity contribution in [2.24, 2.45) is 10.9 Å². The first kappa shape index (κ1) is 28.4. The molecular weight excluding hydrogens is 538 g/mol. The van der Waals surface area contributed by atoms with Gasteiger partial charge in [0.15, 0.2) is 0 Å². The van der Waals surface area contributed by atoms with E-state index in [4.69, 9.17) is 30.8 Å². The minimum Gasteiger partial charge on any atom is -0.492 e. The maximum Gasteiger partial charge on any atom is 0.127 e. The largest absolute Gasteiger partial charge is 0.492 e. The van der Waals surface area contributed by atoms with E-state index in [1.54, 1.807) is 0 Å². The number of halogens is 1. The van der Waals surface area contributed by atoms with Crippen molar-refractivity contribution in [2.45, 2.75) is 30.9 Å². The van der Waals surface area contributed by atoms with Crippen LogP contribution in [0.15, 0.2) is 65.7 Å². The molecule has 41 heavy (non-hydrogen) atoms. The molecule has 4 heterocycles. The third-order valence-corrected chi connectivity index (χ3v) is 9.03. The average molecular weight is 578 g/mol. The number of nitrogens with zero attached hydrogens (tertiary/aromatic N) is 3. The number of morpholine rings is 1. The van der Waals surface area contributed by atoms with E-state index < -0.39 is 5.60 Å². The van der Waals surface area contributed by atoms with Gasteiger partial charge < -0.3 is 24.2 Å². The van der Waals surface area contributed by atoms with Gasteiger partial charge in [0.25, 0.3) is 0 Å². The molecule has 0 amide bonds. The molecule has 0 aliphatic carbocycles. The topological polar surface area (TPSA) is 66.8 Å². The molecule has 0 bridgehead atoms. The van der Waals surface area contributed by atoms with Crippen molar-refractivity contribution < 1.29 is 19.3 Å². The van der Waals surface area contributed by atoms with Crippen LogP contribution in [0.1, 0.15) is 30.4 Å². The van der Waals surface area contributed by atoms with Gasteiger partial charge in [-0.15, -0.1) is 0 Å². The molecule has 2 aromatic rings. The predicted octanol–water partition coefficient (Wildman–Crippen LogP) is 4.83. The molecular formula is C33H40ClN3O4. The van der Waals surface area contributed by atoms with Gasteiger partial charge in [-0.3, -0.25) is 9.89 Å². The molecule has 4 aliphatic rings. The van der Waals surface area contributed by atoms with E-state index in [1.165, 1.54) is 5.57 Å². The van der Waals surface area contributed by atoms with Crippen molar-refractivity contribution in [3.8, 4) is 11.5 Å². The summed E-state index contributed by atoms with van der Waals surface area (Å²) in [5.41, 5.74) is 2.52. The summed E-state index contributed by atoms with van der Waals surface area (Å²) in [6, 6.07) is 13.9. The van der Waals surface area contributed by atoms with E-state index in [0.717, 1.165) is 94.4 Å².